The summed E-state index contributed by atoms with van der Waals surface area (Å²) >= 11 is 18.4. The average molecular weight is 465 g/mol. The molecule has 0 bridgehead atoms. The number of nitrogens with zero attached hydrogens (tertiary/aromatic N) is 2. The summed E-state index contributed by atoms with van der Waals surface area (Å²) in [5, 5.41) is 9.77. The Morgan fingerprint density at radius 2 is 1.79 bits per heavy atom. The number of rotatable bonds is 3. The van der Waals surface area contributed by atoms with Crippen molar-refractivity contribution in [2.24, 2.45) is 0 Å². The second-order valence-electron chi connectivity index (χ2n) is 6.11. The highest BCUT2D eigenvalue weighted by molar-refractivity contribution is 8.27. The Kier molecular flexibility index (Phi) is 5.12. The molecule has 0 spiro atoms. The quantitative estimate of drug-likeness (QED) is 0.541. The zero-order valence-electron chi connectivity index (χ0n) is 14.4. The number of hydrogen-bond donors (Lipinski definition) is 1. The molecule has 2 aromatic carbocycles. The summed E-state index contributed by atoms with van der Waals surface area (Å²) in [6.45, 7) is -0.508. The van der Waals surface area contributed by atoms with E-state index in [2.05, 4.69) is 0 Å². The number of thioether (sulfide) groups is 1. The number of carboxylic acids is 1. The summed E-state index contributed by atoms with van der Waals surface area (Å²) < 4.78 is 0.234. The van der Waals surface area contributed by atoms with E-state index in [9.17, 15) is 14.4 Å². The molecule has 2 aliphatic rings. The van der Waals surface area contributed by atoms with E-state index in [0.717, 1.165) is 16.7 Å². The molecule has 2 heterocycles. The number of aliphatic carboxylic acids is 1. The maximum Gasteiger partial charge on any atom is 0.323 e. The summed E-state index contributed by atoms with van der Waals surface area (Å²) in [6.07, 6.45) is 0. The van der Waals surface area contributed by atoms with Gasteiger partial charge in [0.15, 0.2) is 4.32 Å². The Hall–Kier alpha value is -2.39. The number of carbonyl (C=O) groups is 3. The van der Waals surface area contributed by atoms with Crippen molar-refractivity contribution < 1.29 is 19.5 Å². The summed E-state index contributed by atoms with van der Waals surface area (Å²) in [6, 6.07) is 11.4. The molecule has 146 valence electrons. The number of thiocarbonyl (C=S) groups is 1. The van der Waals surface area contributed by atoms with E-state index in [1.807, 2.05) is 0 Å². The van der Waals surface area contributed by atoms with Crippen LogP contribution in [-0.4, -0.2) is 33.8 Å². The van der Waals surface area contributed by atoms with Crippen LogP contribution >= 0.6 is 47.2 Å². The smallest absolute Gasteiger partial charge is 0.323 e. The van der Waals surface area contributed by atoms with E-state index in [4.69, 9.17) is 40.5 Å². The minimum atomic E-state index is -1.15. The number of halogens is 2. The molecule has 2 amide bonds. The topological polar surface area (TPSA) is 77.9 Å². The zero-order valence-corrected chi connectivity index (χ0v) is 17.5. The van der Waals surface area contributed by atoms with Gasteiger partial charge in [0.25, 0.3) is 11.8 Å². The van der Waals surface area contributed by atoms with Gasteiger partial charge in [0.05, 0.1) is 31.9 Å². The first-order valence-electron chi connectivity index (χ1n) is 8.18. The normalized spacial score (nSPS) is 18.6. The number of amides is 2. The van der Waals surface area contributed by atoms with Crippen LogP contribution in [-0.2, 0) is 14.4 Å². The first-order valence-corrected chi connectivity index (χ1v) is 10.2. The molecule has 0 radical (unpaired) electrons. The summed E-state index contributed by atoms with van der Waals surface area (Å²) in [5.41, 5.74) is 1.50. The minimum absolute atomic E-state index is 0.141. The fourth-order valence-electron chi connectivity index (χ4n) is 3.16. The lowest BCUT2D eigenvalue weighted by Crippen LogP contribution is -2.32. The molecule has 6 nitrogen and oxygen atoms in total. The zero-order chi connectivity index (χ0) is 20.9. The minimum Gasteiger partial charge on any atom is -0.480 e. The Morgan fingerprint density at radius 3 is 2.48 bits per heavy atom. The molecule has 0 atom stereocenters. The molecule has 2 aromatic rings. The van der Waals surface area contributed by atoms with Crippen molar-refractivity contribution in [1.29, 1.82) is 0 Å². The van der Waals surface area contributed by atoms with Crippen LogP contribution in [0, 0.1) is 0 Å². The molecule has 1 saturated heterocycles. The van der Waals surface area contributed by atoms with E-state index in [1.54, 1.807) is 36.4 Å². The second kappa shape index (κ2) is 7.46. The molecule has 2 aliphatic heterocycles. The maximum absolute atomic E-state index is 13.2. The van der Waals surface area contributed by atoms with Gasteiger partial charge in [0.2, 0.25) is 0 Å². The molecule has 1 N–H and O–H groups in total. The number of carbonyl (C=O) groups excluding carboxylic acids is 2. The Bertz CT molecular complexity index is 1150. The molecule has 0 unspecified atom stereocenters. The lowest BCUT2D eigenvalue weighted by molar-refractivity contribution is -0.136. The number of benzene rings is 2. The van der Waals surface area contributed by atoms with Crippen LogP contribution in [0.15, 0.2) is 47.4 Å². The predicted molar refractivity (Wildman–Crippen MR) is 117 cm³/mol. The summed E-state index contributed by atoms with van der Waals surface area (Å²) in [7, 11) is 0. The molecule has 0 aliphatic carbocycles. The van der Waals surface area contributed by atoms with E-state index >= 15 is 0 Å². The fraction of sp³-hybridized carbons (Fsp3) is 0.0526. The van der Waals surface area contributed by atoms with Gasteiger partial charge < -0.3 is 5.11 Å². The van der Waals surface area contributed by atoms with Crippen LogP contribution in [0.3, 0.4) is 0 Å². The second-order valence-corrected chi connectivity index (χ2v) is 8.57. The predicted octanol–water partition coefficient (Wildman–Crippen LogP) is 4.20. The van der Waals surface area contributed by atoms with Gasteiger partial charge in [-0.25, -0.2) is 0 Å². The van der Waals surface area contributed by atoms with Crippen molar-refractivity contribution in [3.05, 3.63) is 63.0 Å². The standard InChI is InChI=1S/C19H10Cl2N2O4S2/c20-11-6-5-9(7-12(11)21)23-18(27)16(29-19(23)28)15-10-3-1-2-4-13(10)22(17(15)26)8-14(24)25/h1-7H,8H2,(H,24,25). The van der Waals surface area contributed by atoms with Crippen LogP contribution in [0.5, 0.6) is 0 Å². The largest absolute Gasteiger partial charge is 0.480 e. The van der Waals surface area contributed by atoms with Gasteiger partial charge in [-0.1, -0.05) is 65.4 Å². The number of anilines is 2. The number of fused-ring (bicyclic) bond motifs is 1. The molecule has 4 rings (SSSR count). The van der Waals surface area contributed by atoms with Gasteiger partial charge in [-0.05, 0) is 24.3 Å². The number of carboxylic acid groups (broad SMARTS) is 1. The van der Waals surface area contributed by atoms with Crippen molar-refractivity contribution in [1.82, 2.24) is 0 Å². The van der Waals surface area contributed by atoms with Crippen LogP contribution in [0.1, 0.15) is 5.56 Å². The van der Waals surface area contributed by atoms with E-state index < -0.39 is 24.3 Å². The van der Waals surface area contributed by atoms with Crippen molar-refractivity contribution in [3.8, 4) is 0 Å². The third-order valence-electron chi connectivity index (χ3n) is 4.37. The van der Waals surface area contributed by atoms with Gasteiger partial charge in [0.1, 0.15) is 6.54 Å². The van der Waals surface area contributed by atoms with Crippen molar-refractivity contribution >= 4 is 86.2 Å². The highest BCUT2D eigenvalue weighted by Crippen LogP contribution is 2.45. The van der Waals surface area contributed by atoms with Gasteiger partial charge >= 0.3 is 5.97 Å². The first-order chi connectivity index (χ1) is 13.8. The third-order valence-corrected chi connectivity index (χ3v) is 6.49. The third kappa shape index (κ3) is 3.32. The molecular weight excluding hydrogens is 455 g/mol. The molecule has 29 heavy (non-hydrogen) atoms. The highest BCUT2D eigenvalue weighted by Gasteiger charge is 2.43. The number of hydrogen-bond acceptors (Lipinski definition) is 5. The van der Waals surface area contributed by atoms with Crippen molar-refractivity contribution in [2.45, 2.75) is 0 Å². The maximum atomic E-state index is 13.2. The summed E-state index contributed by atoms with van der Waals surface area (Å²) in [4.78, 5) is 40.0. The molecular formula is C19H10Cl2N2O4S2. The lowest BCUT2D eigenvalue weighted by atomic mass is 10.1. The Morgan fingerprint density at radius 1 is 1.07 bits per heavy atom. The Labute approximate surface area is 184 Å². The van der Waals surface area contributed by atoms with Crippen LogP contribution in [0.4, 0.5) is 11.4 Å². The molecule has 10 heteroatoms. The SMILES string of the molecule is O=C(O)CN1C(=O)C(=C2SC(=S)N(c3ccc(Cl)c(Cl)c3)C2=O)c2ccccc21. The fourth-order valence-corrected chi connectivity index (χ4v) is 4.82. The van der Waals surface area contributed by atoms with Gasteiger partial charge in [-0.2, -0.15) is 0 Å². The van der Waals surface area contributed by atoms with E-state index in [1.165, 1.54) is 11.0 Å². The van der Waals surface area contributed by atoms with Crippen LogP contribution in [0.2, 0.25) is 10.0 Å². The molecule has 0 aromatic heterocycles. The van der Waals surface area contributed by atoms with Crippen molar-refractivity contribution in [3.63, 3.8) is 0 Å². The number of para-hydroxylation sites is 1. The lowest BCUT2D eigenvalue weighted by Gasteiger charge is -2.15. The summed E-state index contributed by atoms with van der Waals surface area (Å²) in [5.74, 6) is -2.19. The molecule has 0 saturated carbocycles. The van der Waals surface area contributed by atoms with E-state index in [-0.39, 0.29) is 19.8 Å². The van der Waals surface area contributed by atoms with Gasteiger partial charge in [-0.15, -0.1) is 0 Å². The Balaban J connectivity index is 1.82. The first kappa shape index (κ1) is 19.9. The van der Waals surface area contributed by atoms with Crippen molar-refractivity contribution in [2.75, 3.05) is 16.3 Å². The molecule has 1 fully saturated rings. The van der Waals surface area contributed by atoms with Crippen LogP contribution < -0.4 is 9.80 Å². The van der Waals surface area contributed by atoms with E-state index in [0.29, 0.717) is 22.0 Å². The highest BCUT2D eigenvalue weighted by atomic mass is 35.5. The van der Waals surface area contributed by atoms with Gasteiger partial charge in [0, 0.05) is 5.56 Å². The van der Waals surface area contributed by atoms with Gasteiger partial charge in [-0.3, -0.25) is 24.2 Å². The average Bonchev–Trinajstić information content (AvgIpc) is 3.11. The van der Waals surface area contributed by atoms with Crippen LogP contribution in [0.25, 0.3) is 5.57 Å². The monoisotopic (exact) mass is 464 g/mol.